The fourth-order valence-electron chi connectivity index (χ4n) is 3.35. The van der Waals surface area contributed by atoms with Gasteiger partial charge in [0, 0.05) is 18.7 Å². The van der Waals surface area contributed by atoms with E-state index in [9.17, 15) is 13.2 Å². The van der Waals surface area contributed by atoms with Gasteiger partial charge in [-0.3, -0.25) is 4.79 Å². The number of methoxy groups -OCH3 is 1. The van der Waals surface area contributed by atoms with Crippen molar-refractivity contribution in [2.45, 2.75) is 30.7 Å². The quantitative estimate of drug-likeness (QED) is 0.839. The molecule has 1 saturated heterocycles. The van der Waals surface area contributed by atoms with Crippen molar-refractivity contribution in [3.63, 3.8) is 0 Å². The predicted octanol–water partition coefficient (Wildman–Crippen LogP) is 1.37. The lowest BCUT2D eigenvalue weighted by Crippen LogP contribution is -2.43. The van der Waals surface area contributed by atoms with Crippen LogP contribution in [-0.4, -0.2) is 50.9 Å². The highest BCUT2D eigenvalue weighted by Gasteiger charge is 2.55. The molecule has 0 aromatic heterocycles. The van der Waals surface area contributed by atoms with E-state index in [1.54, 1.807) is 19.1 Å². The van der Waals surface area contributed by atoms with E-state index in [-0.39, 0.29) is 23.5 Å². The van der Waals surface area contributed by atoms with E-state index in [0.29, 0.717) is 6.42 Å². The minimum Gasteiger partial charge on any atom is -0.496 e. The molecule has 0 N–H and O–H groups in total. The number of ether oxygens (including phenoxy) is 1. The predicted molar refractivity (Wildman–Crippen MR) is 83.7 cm³/mol. The van der Waals surface area contributed by atoms with Crippen molar-refractivity contribution in [3.05, 3.63) is 29.8 Å². The second-order valence-electron chi connectivity index (χ2n) is 6.26. The first kappa shape index (κ1) is 15.3. The largest absolute Gasteiger partial charge is 0.496 e. The van der Waals surface area contributed by atoms with Gasteiger partial charge in [0.1, 0.15) is 5.75 Å². The zero-order valence-electron chi connectivity index (χ0n) is 12.9. The van der Waals surface area contributed by atoms with E-state index in [1.165, 1.54) is 0 Å². The molecule has 0 radical (unpaired) electrons. The van der Waals surface area contributed by atoms with Gasteiger partial charge in [0.15, 0.2) is 9.84 Å². The lowest BCUT2D eigenvalue weighted by atomic mass is 9.93. The Morgan fingerprint density at radius 2 is 2.00 bits per heavy atom. The lowest BCUT2D eigenvalue weighted by Gasteiger charge is -2.29. The summed E-state index contributed by atoms with van der Waals surface area (Å²) in [5.41, 5.74) is 0.378. The van der Waals surface area contributed by atoms with Gasteiger partial charge in [0.2, 0.25) is 5.91 Å². The van der Waals surface area contributed by atoms with Crippen LogP contribution in [0.3, 0.4) is 0 Å². The van der Waals surface area contributed by atoms with Crippen molar-refractivity contribution in [3.8, 4) is 5.75 Å². The van der Waals surface area contributed by atoms with E-state index >= 15 is 0 Å². The van der Waals surface area contributed by atoms with E-state index in [4.69, 9.17) is 4.74 Å². The summed E-state index contributed by atoms with van der Waals surface area (Å²) in [4.78, 5) is 14.6. The molecule has 1 aromatic carbocycles. The van der Waals surface area contributed by atoms with E-state index in [2.05, 4.69) is 0 Å². The molecule has 0 bridgehead atoms. The molecule has 1 heterocycles. The molecule has 0 spiro atoms. The highest BCUT2D eigenvalue weighted by molar-refractivity contribution is 7.91. The summed E-state index contributed by atoms with van der Waals surface area (Å²) in [6, 6.07) is 7.39. The SMILES string of the molecule is COc1ccccc1C1(C(=O)N(C)C2CCS(=O)(=O)C2)CC1. The summed E-state index contributed by atoms with van der Waals surface area (Å²) in [7, 11) is 0.334. The number of likely N-dealkylation sites (N-methyl/N-ethyl adjacent to an activating group) is 1. The molecule has 22 heavy (non-hydrogen) atoms. The van der Waals surface area contributed by atoms with Crippen LogP contribution in [0, 0.1) is 0 Å². The Hall–Kier alpha value is -1.56. The number of rotatable bonds is 4. The Morgan fingerprint density at radius 3 is 2.55 bits per heavy atom. The Morgan fingerprint density at radius 1 is 1.32 bits per heavy atom. The number of para-hydroxylation sites is 1. The Labute approximate surface area is 131 Å². The van der Waals surface area contributed by atoms with Crippen molar-refractivity contribution in [1.82, 2.24) is 4.90 Å². The number of amides is 1. The van der Waals surface area contributed by atoms with Crippen LogP contribution in [0.2, 0.25) is 0 Å². The van der Waals surface area contributed by atoms with Gasteiger partial charge in [-0.2, -0.15) is 0 Å². The van der Waals surface area contributed by atoms with Gasteiger partial charge < -0.3 is 9.64 Å². The standard InChI is InChI=1S/C16H21NO4S/c1-17(12-7-10-22(19,20)11-12)15(18)16(8-9-16)13-5-3-4-6-14(13)21-2/h3-6,12H,7-11H2,1-2H3. The number of hydrogen-bond acceptors (Lipinski definition) is 4. The molecule has 2 fully saturated rings. The zero-order valence-corrected chi connectivity index (χ0v) is 13.7. The molecule has 3 rings (SSSR count). The summed E-state index contributed by atoms with van der Waals surface area (Å²) in [5, 5.41) is 0. The number of nitrogens with zero attached hydrogens (tertiary/aromatic N) is 1. The molecule has 6 heteroatoms. The van der Waals surface area contributed by atoms with Crippen molar-refractivity contribution in [2.24, 2.45) is 0 Å². The Balaban J connectivity index is 1.85. The van der Waals surface area contributed by atoms with Crippen LogP contribution in [0.15, 0.2) is 24.3 Å². The zero-order chi connectivity index (χ0) is 16.0. The topological polar surface area (TPSA) is 63.7 Å². The molecular weight excluding hydrogens is 302 g/mol. The minimum atomic E-state index is -3.00. The van der Waals surface area contributed by atoms with Crippen molar-refractivity contribution < 1.29 is 17.9 Å². The highest BCUT2D eigenvalue weighted by Crippen LogP contribution is 2.52. The summed E-state index contributed by atoms with van der Waals surface area (Å²) < 4.78 is 28.7. The van der Waals surface area contributed by atoms with E-state index in [0.717, 1.165) is 24.2 Å². The fraction of sp³-hybridized carbons (Fsp3) is 0.562. The van der Waals surface area contributed by atoms with Gasteiger partial charge in [0.25, 0.3) is 0 Å². The molecule has 1 amide bonds. The van der Waals surface area contributed by atoms with Crippen LogP contribution in [0.25, 0.3) is 0 Å². The number of benzene rings is 1. The Kier molecular flexibility index (Phi) is 3.67. The second kappa shape index (κ2) is 5.26. The molecule has 1 atom stereocenters. The van der Waals surface area contributed by atoms with Gasteiger partial charge in [-0.15, -0.1) is 0 Å². The molecular formula is C16H21NO4S. The first-order valence-corrected chi connectivity index (χ1v) is 9.33. The molecule has 2 aliphatic rings. The summed E-state index contributed by atoms with van der Waals surface area (Å²) in [6.07, 6.45) is 2.11. The maximum atomic E-state index is 13.0. The second-order valence-corrected chi connectivity index (χ2v) is 8.48. The van der Waals surface area contributed by atoms with Crippen LogP contribution in [-0.2, 0) is 20.0 Å². The number of carbonyl (C=O) groups excluding carboxylic acids is 1. The molecule has 1 unspecified atom stereocenters. The molecule has 1 aromatic rings. The monoisotopic (exact) mass is 323 g/mol. The first-order chi connectivity index (χ1) is 10.4. The van der Waals surface area contributed by atoms with Crippen LogP contribution in [0.1, 0.15) is 24.8 Å². The van der Waals surface area contributed by atoms with Gasteiger partial charge in [-0.1, -0.05) is 18.2 Å². The number of carbonyl (C=O) groups is 1. The lowest BCUT2D eigenvalue weighted by molar-refractivity contribution is -0.134. The molecule has 1 saturated carbocycles. The Bertz CT molecular complexity index is 694. The maximum Gasteiger partial charge on any atom is 0.233 e. The maximum absolute atomic E-state index is 13.0. The van der Waals surface area contributed by atoms with E-state index in [1.807, 2.05) is 24.3 Å². The molecule has 1 aliphatic heterocycles. The molecule has 120 valence electrons. The third-order valence-corrected chi connectivity index (χ3v) is 6.61. The van der Waals surface area contributed by atoms with Gasteiger partial charge >= 0.3 is 0 Å². The number of sulfone groups is 1. The van der Waals surface area contributed by atoms with Gasteiger partial charge in [-0.05, 0) is 25.3 Å². The van der Waals surface area contributed by atoms with Crippen molar-refractivity contribution in [2.75, 3.05) is 25.7 Å². The first-order valence-electron chi connectivity index (χ1n) is 7.51. The summed E-state index contributed by atoms with van der Waals surface area (Å²) in [5.74, 6) is 0.994. The van der Waals surface area contributed by atoms with E-state index < -0.39 is 15.3 Å². The summed E-state index contributed by atoms with van der Waals surface area (Å²) in [6.45, 7) is 0. The molecule has 5 nitrogen and oxygen atoms in total. The van der Waals surface area contributed by atoms with Gasteiger partial charge in [0.05, 0.1) is 24.0 Å². The number of hydrogen-bond donors (Lipinski definition) is 0. The summed E-state index contributed by atoms with van der Waals surface area (Å²) >= 11 is 0. The third kappa shape index (κ3) is 2.49. The van der Waals surface area contributed by atoms with Gasteiger partial charge in [-0.25, -0.2) is 8.42 Å². The smallest absolute Gasteiger partial charge is 0.233 e. The highest BCUT2D eigenvalue weighted by atomic mass is 32.2. The minimum absolute atomic E-state index is 0.0131. The average molecular weight is 323 g/mol. The third-order valence-electron chi connectivity index (χ3n) is 4.86. The van der Waals surface area contributed by atoms with Crippen LogP contribution in [0.4, 0.5) is 0 Å². The normalized spacial score (nSPS) is 24.7. The average Bonchev–Trinajstić information content (AvgIpc) is 3.24. The van der Waals surface area contributed by atoms with Crippen LogP contribution >= 0.6 is 0 Å². The van der Waals surface area contributed by atoms with Crippen LogP contribution in [0.5, 0.6) is 5.75 Å². The fourth-order valence-corrected chi connectivity index (χ4v) is 5.12. The van der Waals surface area contributed by atoms with Crippen molar-refractivity contribution >= 4 is 15.7 Å². The molecule has 1 aliphatic carbocycles. The van der Waals surface area contributed by atoms with Crippen LogP contribution < -0.4 is 4.74 Å². The van der Waals surface area contributed by atoms with Crippen molar-refractivity contribution in [1.29, 1.82) is 0 Å².